The molecule has 8 heteroatoms. The molecule has 0 spiro atoms. The highest BCUT2D eigenvalue weighted by Gasteiger charge is 2.44. The van der Waals surface area contributed by atoms with E-state index < -0.39 is 49.8 Å². The molecular weight excluding hydrogens is 225 g/mol. The maximum absolute atomic E-state index is 11.9. The molecule has 1 rings (SSSR count). The lowest BCUT2D eigenvalue weighted by Crippen LogP contribution is -2.64. The number of aliphatic hydroxyl groups excluding tert-OH is 4. The highest BCUT2D eigenvalue weighted by atomic mass is 19.1. The van der Waals surface area contributed by atoms with Crippen LogP contribution in [0.4, 0.5) is 4.39 Å². The van der Waals surface area contributed by atoms with Crippen molar-refractivity contribution in [2.24, 2.45) is 0 Å². The average molecular weight is 239 g/mol. The van der Waals surface area contributed by atoms with Crippen LogP contribution in [0.3, 0.4) is 0 Å². The van der Waals surface area contributed by atoms with Gasteiger partial charge in [-0.1, -0.05) is 0 Å². The summed E-state index contributed by atoms with van der Waals surface area (Å²) in [6, 6.07) is -1.33. The van der Waals surface area contributed by atoms with Gasteiger partial charge in [-0.25, -0.2) is 4.39 Å². The average Bonchev–Trinajstić information content (AvgIpc) is 2.28. The smallest absolute Gasteiger partial charge is 0.251 e. The number of rotatable bonds is 3. The van der Waals surface area contributed by atoms with Gasteiger partial charge in [0.2, 0.25) is 0 Å². The molecule has 94 valence electrons. The topological polar surface area (TPSA) is 119 Å². The molecule has 1 heterocycles. The predicted octanol–water partition coefficient (Wildman–Crippen LogP) is -3.13. The zero-order chi connectivity index (χ0) is 12.3. The van der Waals surface area contributed by atoms with E-state index in [9.17, 15) is 24.5 Å². The first-order valence-corrected chi connectivity index (χ1v) is 4.67. The van der Waals surface area contributed by atoms with Gasteiger partial charge < -0.3 is 30.5 Å². The number of aliphatic hydroxyl groups is 4. The van der Waals surface area contributed by atoms with Crippen LogP contribution in [0.15, 0.2) is 0 Å². The lowest BCUT2D eigenvalue weighted by Gasteiger charge is -2.40. The lowest BCUT2D eigenvalue weighted by atomic mass is 9.97. The second-order valence-electron chi connectivity index (χ2n) is 3.46. The fourth-order valence-electron chi connectivity index (χ4n) is 1.48. The van der Waals surface area contributed by atoms with Gasteiger partial charge in [0.25, 0.3) is 5.91 Å². The van der Waals surface area contributed by atoms with Gasteiger partial charge in [0, 0.05) is 0 Å². The first kappa shape index (κ1) is 13.3. The van der Waals surface area contributed by atoms with Crippen molar-refractivity contribution in [1.82, 2.24) is 5.32 Å². The molecule has 1 unspecified atom stereocenters. The summed E-state index contributed by atoms with van der Waals surface area (Å²) in [6.07, 6.45) is -5.79. The van der Waals surface area contributed by atoms with E-state index in [0.29, 0.717) is 0 Å². The van der Waals surface area contributed by atoms with Crippen molar-refractivity contribution in [3.63, 3.8) is 0 Å². The van der Waals surface area contributed by atoms with Gasteiger partial charge in [0.15, 0.2) is 13.0 Å². The molecular formula is C8H14FNO6. The SMILES string of the molecule is O=C(CF)N[C@H]1C(O)O[C@H](CO)[C@H](O)[C@@H]1O. The fraction of sp³-hybridized carbons (Fsp3) is 0.875. The monoisotopic (exact) mass is 239 g/mol. The Morgan fingerprint density at radius 2 is 1.94 bits per heavy atom. The summed E-state index contributed by atoms with van der Waals surface area (Å²) >= 11 is 0. The molecule has 0 bridgehead atoms. The zero-order valence-corrected chi connectivity index (χ0v) is 8.28. The standard InChI is InChI=1S/C8H14FNO6/c9-1-4(12)10-5-7(14)6(13)3(2-11)16-8(5)15/h3,5-8,11,13-15H,1-2H2,(H,10,12)/t3-,5-,6+,7-,8?/m1/s1. The Bertz CT molecular complexity index is 253. The first-order valence-electron chi connectivity index (χ1n) is 4.67. The van der Waals surface area contributed by atoms with Crippen LogP contribution in [0.5, 0.6) is 0 Å². The maximum Gasteiger partial charge on any atom is 0.251 e. The van der Waals surface area contributed by atoms with Crippen LogP contribution in [0.2, 0.25) is 0 Å². The second kappa shape index (κ2) is 5.51. The largest absolute Gasteiger partial charge is 0.394 e. The van der Waals surface area contributed by atoms with Crippen molar-refractivity contribution in [2.75, 3.05) is 13.3 Å². The van der Waals surface area contributed by atoms with Crippen molar-refractivity contribution >= 4 is 5.91 Å². The van der Waals surface area contributed by atoms with Crippen LogP contribution >= 0.6 is 0 Å². The van der Waals surface area contributed by atoms with E-state index in [2.05, 4.69) is 0 Å². The predicted molar refractivity (Wildman–Crippen MR) is 47.9 cm³/mol. The third-order valence-electron chi connectivity index (χ3n) is 2.35. The summed E-state index contributed by atoms with van der Waals surface area (Å²) in [5.41, 5.74) is 0. The summed E-state index contributed by atoms with van der Waals surface area (Å²) in [5, 5.41) is 39.0. The normalized spacial score (nSPS) is 39.4. The van der Waals surface area contributed by atoms with E-state index in [0.717, 1.165) is 0 Å². The molecule has 0 aromatic rings. The van der Waals surface area contributed by atoms with Crippen LogP contribution in [-0.4, -0.2) is 70.3 Å². The molecule has 1 fully saturated rings. The number of carbonyl (C=O) groups is 1. The molecule has 1 saturated heterocycles. The number of alkyl halides is 1. The van der Waals surface area contributed by atoms with Gasteiger partial charge in [-0.05, 0) is 0 Å². The van der Waals surface area contributed by atoms with Crippen LogP contribution in [0, 0.1) is 0 Å². The molecule has 16 heavy (non-hydrogen) atoms. The summed E-state index contributed by atoms with van der Waals surface area (Å²) in [5.74, 6) is -1.04. The minimum Gasteiger partial charge on any atom is -0.394 e. The van der Waals surface area contributed by atoms with Crippen LogP contribution in [0.1, 0.15) is 0 Å². The third kappa shape index (κ3) is 2.66. The number of halogens is 1. The van der Waals surface area contributed by atoms with E-state index in [4.69, 9.17) is 9.84 Å². The molecule has 1 amide bonds. The van der Waals surface area contributed by atoms with E-state index in [1.807, 2.05) is 5.32 Å². The molecule has 1 aliphatic heterocycles. The van der Waals surface area contributed by atoms with Crippen LogP contribution in [-0.2, 0) is 9.53 Å². The van der Waals surface area contributed by atoms with Gasteiger partial charge in [-0.15, -0.1) is 0 Å². The summed E-state index contributed by atoms with van der Waals surface area (Å²) in [6.45, 7) is -1.91. The van der Waals surface area contributed by atoms with E-state index in [-0.39, 0.29) is 0 Å². The van der Waals surface area contributed by atoms with Crippen LogP contribution < -0.4 is 5.32 Å². The molecule has 7 nitrogen and oxygen atoms in total. The molecule has 0 aromatic carbocycles. The Morgan fingerprint density at radius 3 is 2.44 bits per heavy atom. The van der Waals surface area contributed by atoms with Crippen LogP contribution in [0.25, 0.3) is 0 Å². The minimum absolute atomic E-state index is 0.598. The second-order valence-corrected chi connectivity index (χ2v) is 3.46. The molecule has 5 N–H and O–H groups in total. The number of nitrogens with one attached hydrogen (secondary N) is 1. The Balaban J connectivity index is 2.67. The molecule has 0 saturated carbocycles. The highest BCUT2D eigenvalue weighted by molar-refractivity contribution is 5.77. The molecule has 0 aliphatic carbocycles. The van der Waals surface area contributed by atoms with Gasteiger partial charge in [0.1, 0.15) is 24.4 Å². The highest BCUT2D eigenvalue weighted by Crippen LogP contribution is 2.19. The molecule has 0 aromatic heterocycles. The van der Waals surface area contributed by atoms with E-state index in [1.54, 1.807) is 0 Å². The summed E-state index contributed by atoms with van der Waals surface area (Å²) < 4.78 is 16.7. The van der Waals surface area contributed by atoms with Crippen molar-refractivity contribution in [1.29, 1.82) is 0 Å². The Hall–Kier alpha value is -0.800. The van der Waals surface area contributed by atoms with Gasteiger partial charge in [-0.2, -0.15) is 0 Å². The molecule has 1 aliphatic rings. The molecule has 0 radical (unpaired) electrons. The number of ether oxygens (including phenoxy) is 1. The number of hydrogen-bond donors (Lipinski definition) is 5. The quantitative estimate of drug-likeness (QED) is 0.355. The van der Waals surface area contributed by atoms with Crippen molar-refractivity contribution < 1.29 is 34.3 Å². The number of hydrogen-bond acceptors (Lipinski definition) is 6. The zero-order valence-electron chi connectivity index (χ0n) is 8.28. The fourth-order valence-corrected chi connectivity index (χ4v) is 1.48. The molecule has 5 atom stereocenters. The number of amides is 1. The van der Waals surface area contributed by atoms with Gasteiger partial charge >= 0.3 is 0 Å². The number of carbonyl (C=O) groups excluding carboxylic acids is 1. The van der Waals surface area contributed by atoms with Gasteiger partial charge in [0.05, 0.1) is 6.61 Å². The van der Waals surface area contributed by atoms with Crippen molar-refractivity contribution in [2.45, 2.75) is 30.6 Å². The summed E-state index contributed by atoms with van der Waals surface area (Å²) in [4.78, 5) is 10.7. The Morgan fingerprint density at radius 1 is 1.31 bits per heavy atom. The third-order valence-corrected chi connectivity index (χ3v) is 2.35. The Kier molecular flexibility index (Phi) is 4.56. The summed E-state index contributed by atoms with van der Waals surface area (Å²) in [7, 11) is 0. The first-order chi connectivity index (χ1) is 7.51. The van der Waals surface area contributed by atoms with E-state index in [1.165, 1.54) is 0 Å². The van der Waals surface area contributed by atoms with E-state index >= 15 is 0 Å². The van der Waals surface area contributed by atoms with Crippen molar-refractivity contribution in [3.05, 3.63) is 0 Å². The van der Waals surface area contributed by atoms with Crippen molar-refractivity contribution in [3.8, 4) is 0 Å². The van der Waals surface area contributed by atoms with Gasteiger partial charge in [-0.3, -0.25) is 4.79 Å². The minimum atomic E-state index is -1.62. The Labute approximate surface area is 90.5 Å². The lowest BCUT2D eigenvalue weighted by molar-refractivity contribution is -0.253. The maximum atomic E-state index is 11.9.